The zero-order valence-electron chi connectivity index (χ0n) is 9.19. The van der Waals surface area contributed by atoms with Gasteiger partial charge in [-0.15, -0.1) is 0 Å². The summed E-state index contributed by atoms with van der Waals surface area (Å²) in [5, 5.41) is 3.63. The Balaban J connectivity index is 2.19. The Kier molecular flexibility index (Phi) is 3.94. The molecule has 0 aromatic heterocycles. The van der Waals surface area contributed by atoms with E-state index < -0.39 is 0 Å². The molecule has 0 saturated carbocycles. The van der Waals surface area contributed by atoms with E-state index in [4.69, 9.17) is 0 Å². The summed E-state index contributed by atoms with van der Waals surface area (Å²) in [4.78, 5) is 12.0. The molecule has 0 aliphatic carbocycles. The van der Waals surface area contributed by atoms with E-state index in [0.717, 1.165) is 16.6 Å². The molecule has 17 heavy (non-hydrogen) atoms. The predicted octanol–water partition coefficient (Wildman–Crippen LogP) is 3.83. The molecule has 0 saturated heterocycles. The molecule has 3 heteroatoms. The summed E-state index contributed by atoms with van der Waals surface area (Å²) in [7, 11) is 0. The van der Waals surface area contributed by atoms with Gasteiger partial charge >= 0.3 is 0 Å². The summed E-state index contributed by atoms with van der Waals surface area (Å²) in [6.45, 7) is 0. The molecule has 2 rings (SSSR count). The highest BCUT2D eigenvalue weighted by molar-refractivity contribution is 9.08. The van der Waals surface area contributed by atoms with Crippen molar-refractivity contribution < 1.29 is 4.79 Å². The first-order valence-electron chi connectivity index (χ1n) is 5.31. The molecule has 0 fully saturated rings. The molecule has 0 bridgehead atoms. The van der Waals surface area contributed by atoms with Crippen LogP contribution in [0.1, 0.15) is 15.9 Å². The second-order valence-electron chi connectivity index (χ2n) is 3.61. The second kappa shape index (κ2) is 5.64. The topological polar surface area (TPSA) is 29.1 Å². The van der Waals surface area contributed by atoms with Crippen LogP contribution in [0.5, 0.6) is 0 Å². The summed E-state index contributed by atoms with van der Waals surface area (Å²) in [5.41, 5.74) is 2.58. The van der Waals surface area contributed by atoms with Gasteiger partial charge in [-0.25, -0.2) is 0 Å². The number of hydrogen-bond acceptors (Lipinski definition) is 1. The lowest BCUT2D eigenvalue weighted by Gasteiger charge is -2.08. The molecule has 1 amide bonds. The Bertz CT molecular complexity index is 511. The van der Waals surface area contributed by atoms with Crippen LogP contribution >= 0.6 is 15.9 Å². The summed E-state index contributed by atoms with van der Waals surface area (Å²) < 4.78 is 0. The number of carbonyl (C=O) groups is 1. The number of hydrogen-bond donors (Lipinski definition) is 1. The Morgan fingerprint density at radius 2 is 1.65 bits per heavy atom. The number of alkyl halides is 1. The van der Waals surface area contributed by atoms with Gasteiger partial charge in [0.25, 0.3) is 5.91 Å². The Labute approximate surface area is 109 Å². The van der Waals surface area contributed by atoms with Crippen molar-refractivity contribution in [2.24, 2.45) is 0 Å². The van der Waals surface area contributed by atoms with Crippen molar-refractivity contribution in [2.45, 2.75) is 5.33 Å². The average molecular weight is 290 g/mol. The number of halogens is 1. The van der Waals surface area contributed by atoms with Crippen molar-refractivity contribution >= 4 is 27.5 Å². The lowest BCUT2D eigenvalue weighted by molar-refractivity contribution is 0.102. The van der Waals surface area contributed by atoms with Gasteiger partial charge in [0.15, 0.2) is 0 Å². The monoisotopic (exact) mass is 289 g/mol. The first-order valence-corrected chi connectivity index (χ1v) is 6.43. The number of para-hydroxylation sites is 1. The molecule has 0 heterocycles. The highest BCUT2D eigenvalue weighted by Crippen LogP contribution is 2.18. The first kappa shape index (κ1) is 11.9. The molecule has 2 aromatic rings. The molecule has 0 atom stereocenters. The number of rotatable bonds is 3. The summed E-state index contributed by atoms with van der Waals surface area (Å²) >= 11 is 3.40. The zero-order chi connectivity index (χ0) is 12.1. The number of benzene rings is 2. The van der Waals surface area contributed by atoms with Gasteiger partial charge in [-0.3, -0.25) is 4.79 Å². The largest absolute Gasteiger partial charge is 0.322 e. The normalized spacial score (nSPS) is 9.94. The minimum absolute atomic E-state index is 0.0843. The van der Waals surface area contributed by atoms with E-state index in [1.54, 1.807) is 12.1 Å². The number of carbonyl (C=O) groups excluding carboxylic acids is 1. The lowest BCUT2D eigenvalue weighted by Crippen LogP contribution is -2.12. The summed E-state index contributed by atoms with van der Waals surface area (Å²) in [6.07, 6.45) is 0. The van der Waals surface area contributed by atoms with Crippen LogP contribution in [0.4, 0.5) is 5.69 Å². The van der Waals surface area contributed by atoms with Crippen molar-refractivity contribution in [1.29, 1.82) is 0 Å². The van der Waals surface area contributed by atoms with Crippen LogP contribution in [0.15, 0.2) is 54.6 Å². The molecule has 1 N–H and O–H groups in total. The van der Waals surface area contributed by atoms with Crippen LogP contribution in [0, 0.1) is 0 Å². The standard InChI is InChI=1S/C14H12BrNO/c15-10-12-8-4-5-9-13(12)16-14(17)11-6-2-1-3-7-11/h1-9H,10H2,(H,16,17). The van der Waals surface area contributed by atoms with Crippen LogP contribution in [-0.2, 0) is 5.33 Å². The predicted molar refractivity (Wildman–Crippen MR) is 73.5 cm³/mol. The lowest BCUT2D eigenvalue weighted by atomic mass is 10.1. The molecule has 0 unspecified atom stereocenters. The maximum Gasteiger partial charge on any atom is 0.255 e. The molecular formula is C14H12BrNO. The number of amides is 1. The maximum atomic E-state index is 12.0. The van der Waals surface area contributed by atoms with Crippen LogP contribution in [0.3, 0.4) is 0 Å². The molecular weight excluding hydrogens is 278 g/mol. The molecule has 2 aromatic carbocycles. The van der Waals surface area contributed by atoms with Gasteiger partial charge in [-0.05, 0) is 23.8 Å². The van der Waals surface area contributed by atoms with E-state index in [1.165, 1.54) is 0 Å². The Hall–Kier alpha value is -1.61. The van der Waals surface area contributed by atoms with Crippen LogP contribution in [0.2, 0.25) is 0 Å². The van der Waals surface area contributed by atoms with Crippen LogP contribution in [0.25, 0.3) is 0 Å². The fourth-order valence-corrected chi connectivity index (χ4v) is 2.03. The third-order valence-corrected chi connectivity index (χ3v) is 3.05. The molecule has 0 aliphatic heterocycles. The van der Waals surface area contributed by atoms with Gasteiger partial charge in [0.2, 0.25) is 0 Å². The smallest absolute Gasteiger partial charge is 0.255 e. The Morgan fingerprint density at radius 3 is 2.35 bits per heavy atom. The summed E-state index contributed by atoms with van der Waals surface area (Å²) in [6, 6.07) is 16.9. The number of nitrogens with one attached hydrogen (secondary N) is 1. The van der Waals surface area contributed by atoms with Crippen molar-refractivity contribution in [3.8, 4) is 0 Å². The zero-order valence-corrected chi connectivity index (χ0v) is 10.8. The highest BCUT2D eigenvalue weighted by atomic mass is 79.9. The van der Waals surface area contributed by atoms with E-state index in [-0.39, 0.29) is 5.91 Å². The van der Waals surface area contributed by atoms with E-state index in [2.05, 4.69) is 21.2 Å². The highest BCUT2D eigenvalue weighted by Gasteiger charge is 2.07. The van der Waals surface area contributed by atoms with Gasteiger partial charge in [-0.1, -0.05) is 52.3 Å². The fourth-order valence-electron chi connectivity index (χ4n) is 1.54. The molecule has 2 nitrogen and oxygen atoms in total. The molecule has 0 radical (unpaired) electrons. The fraction of sp³-hybridized carbons (Fsp3) is 0.0714. The van der Waals surface area contributed by atoms with Crippen molar-refractivity contribution in [2.75, 3.05) is 5.32 Å². The minimum atomic E-state index is -0.0843. The summed E-state index contributed by atoms with van der Waals surface area (Å²) in [5.74, 6) is -0.0843. The van der Waals surface area contributed by atoms with Gasteiger partial charge in [-0.2, -0.15) is 0 Å². The van der Waals surface area contributed by atoms with E-state index in [0.29, 0.717) is 5.56 Å². The van der Waals surface area contributed by atoms with Crippen molar-refractivity contribution in [1.82, 2.24) is 0 Å². The average Bonchev–Trinajstić information content (AvgIpc) is 2.40. The quantitative estimate of drug-likeness (QED) is 0.855. The van der Waals surface area contributed by atoms with Gasteiger partial charge in [0.1, 0.15) is 0 Å². The van der Waals surface area contributed by atoms with E-state index >= 15 is 0 Å². The SMILES string of the molecule is O=C(Nc1ccccc1CBr)c1ccccc1. The van der Waals surface area contributed by atoms with Crippen LogP contribution in [-0.4, -0.2) is 5.91 Å². The van der Waals surface area contributed by atoms with Gasteiger partial charge < -0.3 is 5.32 Å². The van der Waals surface area contributed by atoms with Gasteiger partial charge in [0.05, 0.1) is 0 Å². The van der Waals surface area contributed by atoms with Crippen LogP contribution < -0.4 is 5.32 Å². The molecule has 0 spiro atoms. The van der Waals surface area contributed by atoms with Gasteiger partial charge in [0, 0.05) is 16.6 Å². The van der Waals surface area contributed by atoms with E-state index in [1.807, 2.05) is 42.5 Å². The maximum absolute atomic E-state index is 12.0. The van der Waals surface area contributed by atoms with Crippen molar-refractivity contribution in [3.05, 3.63) is 65.7 Å². The minimum Gasteiger partial charge on any atom is -0.322 e. The number of anilines is 1. The Morgan fingerprint density at radius 1 is 1.00 bits per heavy atom. The second-order valence-corrected chi connectivity index (χ2v) is 4.17. The van der Waals surface area contributed by atoms with E-state index in [9.17, 15) is 4.79 Å². The third kappa shape index (κ3) is 2.94. The molecule has 86 valence electrons. The molecule has 0 aliphatic rings. The third-order valence-electron chi connectivity index (χ3n) is 2.45. The first-order chi connectivity index (χ1) is 8.31. The van der Waals surface area contributed by atoms with Crippen molar-refractivity contribution in [3.63, 3.8) is 0 Å².